The lowest BCUT2D eigenvalue weighted by atomic mass is 9.58. The highest BCUT2D eigenvalue weighted by molar-refractivity contribution is 5.78. The lowest BCUT2D eigenvalue weighted by Crippen LogP contribution is -2.53. The van der Waals surface area contributed by atoms with Crippen molar-refractivity contribution in [1.82, 2.24) is 4.98 Å². The summed E-state index contributed by atoms with van der Waals surface area (Å²) in [6.45, 7) is 0.433. The first-order chi connectivity index (χ1) is 8.17. The lowest BCUT2D eigenvalue weighted by molar-refractivity contribution is -0.154. The number of hydrogen-bond acceptors (Lipinski definition) is 4. The molecule has 3 aliphatic rings. The first-order valence-electron chi connectivity index (χ1n) is 5.48. The average Bonchev–Trinajstić information content (AvgIpc) is 2.88. The number of methoxy groups -OCH3 is 1. The van der Waals surface area contributed by atoms with Crippen LogP contribution >= 0.6 is 0 Å². The molecular weight excluding hydrogens is 225 g/mol. The van der Waals surface area contributed by atoms with Crippen molar-refractivity contribution in [2.75, 3.05) is 13.7 Å². The zero-order chi connectivity index (χ0) is 12.0. The molecule has 0 radical (unpaired) electrons. The van der Waals surface area contributed by atoms with Crippen LogP contribution in [0.1, 0.15) is 12.0 Å². The molecule has 17 heavy (non-hydrogen) atoms. The number of pyridine rings is 1. The Balaban J connectivity index is 1.99. The molecule has 1 saturated carbocycles. The predicted molar refractivity (Wildman–Crippen MR) is 55.7 cm³/mol. The molecule has 2 aliphatic heterocycles. The summed E-state index contributed by atoms with van der Waals surface area (Å²) in [4.78, 5) is 15.5. The van der Waals surface area contributed by atoms with Crippen LogP contribution in [0, 0.1) is 11.7 Å². The number of ether oxygens (including phenoxy) is 2. The largest absolute Gasteiger partial charge is 0.469 e. The van der Waals surface area contributed by atoms with Crippen molar-refractivity contribution in [2.24, 2.45) is 5.92 Å². The van der Waals surface area contributed by atoms with Gasteiger partial charge in [0.2, 0.25) is 0 Å². The molecule has 5 heteroatoms. The Kier molecular flexibility index (Phi) is 2.19. The van der Waals surface area contributed by atoms with E-state index in [4.69, 9.17) is 9.47 Å². The molecule has 2 saturated heterocycles. The normalized spacial score (nSPS) is 34.2. The number of hydrogen-bond donors (Lipinski definition) is 0. The topological polar surface area (TPSA) is 48.4 Å². The lowest BCUT2D eigenvalue weighted by Gasteiger charge is -2.42. The van der Waals surface area contributed by atoms with Crippen LogP contribution in [-0.2, 0) is 19.7 Å². The molecule has 3 atom stereocenters. The number of carbonyl (C=O) groups excluding carboxylic acids is 1. The van der Waals surface area contributed by atoms with Crippen molar-refractivity contribution in [2.45, 2.75) is 17.9 Å². The van der Waals surface area contributed by atoms with Gasteiger partial charge in [-0.25, -0.2) is 4.39 Å². The fourth-order valence-corrected chi connectivity index (χ4v) is 2.93. The monoisotopic (exact) mass is 237 g/mol. The summed E-state index contributed by atoms with van der Waals surface area (Å²) < 4.78 is 23.5. The second-order valence-corrected chi connectivity index (χ2v) is 4.60. The fourth-order valence-electron chi connectivity index (χ4n) is 2.93. The number of nitrogens with zero attached hydrogens (tertiary/aromatic N) is 1. The Morgan fingerprint density at radius 1 is 1.65 bits per heavy atom. The summed E-state index contributed by atoms with van der Waals surface area (Å²) in [6.07, 6.45) is 3.40. The highest BCUT2D eigenvalue weighted by atomic mass is 19.1. The van der Waals surface area contributed by atoms with E-state index in [1.165, 1.54) is 13.2 Å². The van der Waals surface area contributed by atoms with Gasteiger partial charge in [0.1, 0.15) is 5.82 Å². The van der Waals surface area contributed by atoms with Crippen LogP contribution in [-0.4, -0.2) is 30.8 Å². The smallest absolute Gasteiger partial charge is 0.312 e. The van der Waals surface area contributed by atoms with E-state index in [-0.39, 0.29) is 18.0 Å². The Bertz CT molecular complexity index is 475. The molecule has 0 unspecified atom stereocenters. The van der Waals surface area contributed by atoms with Crippen LogP contribution in [0.15, 0.2) is 18.5 Å². The van der Waals surface area contributed by atoms with Gasteiger partial charge in [-0.1, -0.05) is 0 Å². The van der Waals surface area contributed by atoms with Crippen molar-refractivity contribution in [1.29, 1.82) is 0 Å². The summed E-state index contributed by atoms with van der Waals surface area (Å²) in [5.74, 6) is -1.00. The molecular formula is C12H12FNO3. The van der Waals surface area contributed by atoms with E-state index in [9.17, 15) is 9.18 Å². The average molecular weight is 237 g/mol. The Hall–Kier alpha value is -1.49. The SMILES string of the molecule is COC(=O)[C@@H]1[C@H]2C[C@]1(c1cncc(F)c1)CO2. The summed E-state index contributed by atoms with van der Waals surface area (Å²) in [7, 11) is 1.36. The number of aromatic nitrogens is 1. The summed E-state index contributed by atoms with van der Waals surface area (Å²) >= 11 is 0. The quantitative estimate of drug-likeness (QED) is 0.721. The minimum Gasteiger partial charge on any atom is -0.469 e. The fraction of sp³-hybridized carbons (Fsp3) is 0.500. The van der Waals surface area contributed by atoms with Crippen molar-refractivity contribution >= 4 is 5.97 Å². The van der Waals surface area contributed by atoms with E-state index < -0.39 is 11.2 Å². The second kappa shape index (κ2) is 3.50. The van der Waals surface area contributed by atoms with Gasteiger partial charge >= 0.3 is 5.97 Å². The Labute approximate surface area is 97.7 Å². The van der Waals surface area contributed by atoms with Crippen LogP contribution in [0.5, 0.6) is 0 Å². The van der Waals surface area contributed by atoms with Crippen molar-refractivity contribution in [3.05, 3.63) is 29.8 Å². The molecule has 90 valence electrons. The van der Waals surface area contributed by atoms with Gasteiger partial charge < -0.3 is 9.47 Å². The molecule has 1 aromatic heterocycles. The molecule has 1 aromatic rings. The molecule has 0 aromatic carbocycles. The Morgan fingerprint density at radius 2 is 2.47 bits per heavy atom. The maximum Gasteiger partial charge on any atom is 0.312 e. The van der Waals surface area contributed by atoms with E-state index in [2.05, 4.69) is 4.98 Å². The standard InChI is InChI=1S/C12H12FNO3/c1-16-11(15)10-9-3-12(10,6-17-9)7-2-8(13)5-14-4-7/h2,4-5,9-10H,3,6H2,1H3/t9-,10+,12-/m1/s1. The number of fused-ring (bicyclic) bond motifs is 1. The van der Waals surface area contributed by atoms with Gasteiger partial charge in [0.05, 0.1) is 31.9 Å². The molecule has 3 fully saturated rings. The van der Waals surface area contributed by atoms with E-state index >= 15 is 0 Å². The van der Waals surface area contributed by atoms with E-state index in [1.54, 1.807) is 6.20 Å². The highest BCUT2D eigenvalue weighted by Gasteiger charge is 2.65. The van der Waals surface area contributed by atoms with Gasteiger partial charge in [-0.3, -0.25) is 9.78 Å². The third kappa shape index (κ3) is 1.32. The van der Waals surface area contributed by atoms with Crippen LogP contribution in [0.2, 0.25) is 0 Å². The third-order valence-electron chi connectivity index (χ3n) is 3.82. The predicted octanol–water partition coefficient (Wildman–Crippen LogP) is 1.05. The van der Waals surface area contributed by atoms with Crippen molar-refractivity contribution in [3.8, 4) is 0 Å². The van der Waals surface area contributed by atoms with E-state index in [0.29, 0.717) is 6.61 Å². The number of halogens is 1. The molecule has 0 amide bonds. The number of esters is 1. The van der Waals surface area contributed by atoms with Gasteiger partial charge in [-0.15, -0.1) is 0 Å². The molecule has 0 spiro atoms. The van der Waals surface area contributed by atoms with Crippen LogP contribution in [0.3, 0.4) is 0 Å². The second-order valence-electron chi connectivity index (χ2n) is 4.60. The molecule has 1 aliphatic carbocycles. The van der Waals surface area contributed by atoms with Gasteiger partial charge in [-0.2, -0.15) is 0 Å². The van der Waals surface area contributed by atoms with Crippen molar-refractivity contribution in [3.63, 3.8) is 0 Å². The molecule has 4 rings (SSSR count). The first-order valence-corrected chi connectivity index (χ1v) is 5.48. The van der Waals surface area contributed by atoms with Crippen molar-refractivity contribution < 1.29 is 18.7 Å². The minimum atomic E-state index is -0.438. The zero-order valence-corrected chi connectivity index (χ0v) is 9.35. The zero-order valence-electron chi connectivity index (χ0n) is 9.35. The molecule has 3 heterocycles. The minimum absolute atomic E-state index is 0.0919. The van der Waals surface area contributed by atoms with Crippen LogP contribution in [0.4, 0.5) is 4.39 Å². The first kappa shape index (κ1) is 10.7. The summed E-state index contributed by atoms with van der Waals surface area (Å²) in [6, 6.07) is 1.42. The highest BCUT2D eigenvalue weighted by Crippen LogP contribution is 2.56. The Morgan fingerprint density at radius 3 is 3.12 bits per heavy atom. The molecule has 4 nitrogen and oxygen atoms in total. The maximum absolute atomic E-state index is 13.2. The van der Waals surface area contributed by atoms with E-state index in [0.717, 1.165) is 18.2 Å². The summed E-state index contributed by atoms with van der Waals surface area (Å²) in [5.41, 5.74) is 0.286. The van der Waals surface area contributed by atoms with Crippen LogP contribution in [0.25, 0.3) is 0 Å². The van der Waals surface area contributed by atoms with Gasteiger partial charge in [0.25, 0.3) is 0 Å². The van der Waals surface area contributed by atoms with Crippen LogP contribution < -0.4 is 0 Å². The number of rotatable bonds is 2. The third-order valence-corrected chi connectivity index (χ3v) is 3.82. The summed E-state index contributed by atoms with van der Waals surface area (Å²) in [5, 5.41) is 0. The van der Waals surface area contributed by atoms with E-state index in [1.807, 2.05) is 0 Å². The van der Waals surface area contributed by atoms with Gasteiger partial charge in [-0.05, 0) is 18.1 Å². The number of carbonyl (C=O) groups is 1. The maximum atomic E-state index is 13.2. The van der Waals surface area contributed by atoms with Gasteiger partial charge in [0, 0.05) is 11.6 Å². The molecule has 0 N–H and O–H groups in total. The molecule has 2 bridgehead atoms. The van der Waals surface area contributed by atoms with Gasteiger partial charge in [0.15, 0.2) is 0 Å².